The van der Waals surface area contributed by atoms with E-state index < -0.39 is 4.92 Å². The van der Waals surface area contributed by atoms with Crippen LogP contribution in [0.3, 0.4) is 0 Å². The number of nitro benzene ring substituents is 1. The van der Waals surface area contributed by atoms with Crippen LogP contribution in [0.2, 0.25) is 0 Å². The maximum absolute atomic E-state index is 11.7. The number of hydrogen-bond donors (Lipinski definition) is 1. The van der Waals surface area contributed by atoms with Gasteiger partial charge in [-0.15, -0.1) is 20.4 Å². The first-order valence-electron chi connectivity index (χ1n) is 8.32. The number of aryl methyl sites for hydroxylation is 1. The first kappa shape index (κ1) is 20.6. The van der Waals surface area contributed by atoms with E-state index in [2.05, 4.69) is 25.7 Å². The van der Waals surface area contributed by atoms with Crippen molar-refractivity contribution in [3.63, 3.8) is 0 Å². The van der Waals surface area contributed by atoms with E-state index >= 15 is 0 Å². The minimum absolute atomic E-state index is 0.0350. The summed E-state index contributed by atoms with van der Waals surface area (Å²) in [5.74, 6) is 0.782. The van der Waals surface area contributed by atoms with Crippen molar-refractivity contribution in [1.82, 2.24) is 20.4 Å². The normalized spacial score (nSPS) is 10.6. The number of thioether (sulfide) groups is 1. The molecule has 0 bridgehead atoms. The Kier molecular flexibility index (Phi) is 6.34. The highest BCUT2D eigenvalue weighted by Gasteiger charge is 2.15. The van der Waals surface area contributed by atoms with E-state index in [9.17, 15) is 14.9 Å². The number of amides is 1. The Morgan fingerprint density at radius 2 is 2.10 bits per heavy atom. The summed E-state index contributed by atoms with van der Waals surface area (Å²) >= 11 is 2.59. The first-order valence-corrected chi connectivity index (χ1v) is 10.1. The second-order valence-corrected chi connectivity index (χ2v) is 8.33. The topological polar surface area (TPSA) is 137 Å². The molecule has 0 aliphatic carbocycles. The molecule has 3 aromatic rings. The predicted octanol–water partition coefficient (Wildman–Crippen LogP) is 4.00. The van der Waals surface area contributed by atoms with Gasteiger partial charge in [0.2, 0.25) is 22.8 Å². The quantitative estimate of drug-likeness (QED) is 0.193. The number of allylic oxidation sites excluding steroid dienone is 1. The summed E-state index contributed by atoms with van der Waals surface area (Å²) in [5, 5.41) is 29.9. The molecule has 0 radical (unpaired) electrons. The molecule has 0 aliphatic rings. The van der Waals surface area contributed by atoms with Crippen LogP contribution in [0.15, 0.2) is 38.6 Å². The Morgan fingerprint density at radius 3 is 2.79 bits per heavy atom. The van der Waals surface area contributed by atoms with E-state index in [4.69, 9.17) is 4.42 Å². The first-order chi connectivity index (χ1) is 13.8. The number of hydrogen-bond acceptors (Lipinski definition) is 10. The van der Waals surface area contributed by atoms with Crippen LogP contribution in [-0.2, 0) is 10.5 Å². The molecule has 0 atom stereocenters. The fourth-order valence-corrected chi connectivity index (χ4v) is 3.86. The molecule has 3 rings (SSSR count). The smallest absolute Gasteiger partial charge is 0.272 e. The van der Waals surface area contributed by atoms with E-state index in [-0.39, 0.29) is 17.5 Å². The standard InChI is InChI=1S/C17H16N6O4S2/c1-9(2)6-13(24)18-16-21-22-17(29-16)28-8-14-19-20-15(27-14)11-4-5-12(23(25)26)10(3)7-11/h4-7H,8H2,1-3H3,(H,18,21,24). The monoisotopic (exact) mass is 432 g/mol. The molecule has 0 unspecified atom stereocenters. The summed E-state index contributed by atoms with van der Waals surface area (Å²) in [5.41, 5.74) is 2.04. The molecule has 0 saturated heterocycles. The second kappa shape index (κ2) is 8.92. The van der Waals surface area contributed by atoms with Crippen LogP contribution in [0.1, 0.15) is 25.3 Å². The summed E-state index contributed by atoms with van der Waals surface area (Å²) < 4.78 is 6.27. The van der Waals surface area contributed by atoms with E-state index in [1.165, 1.54) is 35.2 Å². The Labute approximate surface area is 173 Å². The Bertz CT molecular complexity index is 1090. The van der Waals surface area contributed by atoms with Gasteiger partial charge in [0.15, 0.2) is 4.34 Å². The lowest BCUT2D eigenvalue weighted by Gasteiger charge is -1.99. The highest BCUT2D eigenvalue weighted by molar-refractivity contribution is 8.00. The van der Waals surface area contributed by atoms with Crippen molar-refractivity contribution in [3.05, 3.63) is 51.4 Å². The zero-order valence-electron chi connectivity index (χ0n) is 15.7. The molecule has 29 heavy (non-hydrogen) atoms. The summed E-state index contributed by atoms with van der Waals surface area (Å²) in [6, 6.07) is 4.62. The summed E-state index contributed by atoms with van der Waals surface area (Å²) in [6.45, 7) is 5.31. The Morgan fingerprint density at radius 1 is 1.31 bits per heavy atom. The molecule has 0 aliphatic heterocycles. The number of aromatic nitrogens is 4. The number of benzene rings is 1. The second-order valence-electron chi connectivity index (χ2n) is 6.13. The molecule has 1 amide bonds. The van der Waals surface area contributed by atoms with E-state index in [1.807, 2.05) is 13.8 Å². The fraction of sp³-hybridized carbons (Fsp3) is 0.235. The van der Waals surface area contributed by atoms with Crippen molar-refractivity contribution in [2.75, 3.05) is 5.32 Å². The van der Waals surface area contributed by atoms with E-state index in [0.717, 1.165) is 5.57 Å². The zero-order chi connectivity index (χ0) is 21.0. The van der Waals surface area contributed by atoms with Gasteiger partial charge >= 0.3 is 0 Å². The Hall–Kier alpha value is -3.12. The maximum atomic E-state index is 11.7. The molecule has 2 heterocycles. The molecule has 12 heteroatoms. The van der Waals surface area contributed by atoms with Crippen molar-refractivity contribution in [2.24, 2.45) is 0 Å². The molecule has 10 nitrogen and oxygen atoms in total. The van der Waals surface area contributed by atoms with Gasteiger partial charge in [-0.3, -0.25) is 20.2 Å². The van der Waals surface area contributed by atoms with Gasteiger partial charge in [0, 0.05) is 23.3 Å². The molecular weight excluding hydrogens is 416 g/mol. The van der Waals surface area contributed by atoms with Crippen LogP contribution in [0.25, 0.3) is 11.5 Å². The molecule has 2 aromatic heterocycles. The molecule has 0 fully saturated rings. The number of anilines is 1. The van der Waals surface area contributed by atoms with Gasteiger partial charge in [-0.25, -0.2) is 0 Å². The van der Waals surface area contributed by atoms with Crippen LogP contribution in [0.4, 0.5) is 10.8 Å². The molecular formula is C17H16N6O4S2. The molecule has 1 aromatic carbocycles. The maximum Gasteiger partial charge on any atom is 0.272 e. The summed E-state index contributed by atoms with van der Waals surface area (Å²) in [4.78, 5) is 22.2. The molecule has 150 valence electrons. The number of rotatable bonds is 7. The van der Waals surface area contributed by atoms with Gasteiger partial charge in [0.05, 0.1) is 10.7 Å². The number of carbonyl (C=O) groups is 1. The highest BCUT2D eigenvalue weighted by Crippen LogP contribution is 2.30. The van der Waals surface area contributed by atoms with Crippen LogP contribution < -0.4 is 5.32 Å². The summed E-state index contributed by atoms with van der Waals surface area (Å²) in [6.07, 6.45) is 1.48. The van der Waals surface area contributed by atoms with Gasteiger partial charge in [-0.1, -0.05) is 28.7 Å². The van der Waals surface area contributed by atoms with Gasteiger partial charge in [0.25, 0.3) is 5.69 Å². The third-order valence-electron chi connectivity index (χ3n) is 3.48. The van der Waals surface area contributed by atoms with Gasteiger partial charge in [0.1, 0.15) is 0 Å². The lowest BCUT2D eigenvalue weighted by atomic mass is 10.1. The van der Waals surface area contributed by atoms with Crippen LogP contribution >= 0.6 is 23.1 Å². The van der Waals surface area contributed by atoms with Crippen molar-refractivity contribution >= 4 is 39.8 Å². The predicted molar refractivity (Wildman–Crippen MR) is 109 cm³/mol. The van der Waals surface area contributed by atoms with E-state index in [0.29, 0.717) is 32.2 Å². The van der Waals surface area contributed by atoms with Crippen LogP contribution in [-0.4, -0.2) is 31.2 Å². The SMILES string of the molecule is CC(C)=CC(=O)Nc1nnc(SCc2nnc(-c3ccc([N+](=O)[O-])c(C)c3)o2)s1. The van der Waals surface area contributed by atoms with Gasteiger partial charge in [-0.2, -0.15) is 0 Å². The number of nitrogens with zero attached hydrogens (tertiary/aromatic N) is 5. The zero-order valence-corrected chi connectivity index (χ0v) is 17.3. The molecule has 0 saturated carbocycles. The third-order valence-corrected chi connectivity index (χ3v) is 5.44. The van der Waals surface area contributed by atoms with Crippen molar-refractivity contribution < 1.29 is 14.1 Å². The van der Waals surface area contributed by atoms with Crippen molar-refractivity contribution in [3.8, 4) is 11.5 Å². The van der Waals surface area contributed by atoms with E-state index in [1.54, 1.807) is 19.1 Å². The van der Waals surface area contributed by atoms with Crippen molar-refractivity contribution in [1.29, 1.82) is 0 Å². The van der Waals surface area contributed by atoms with Crippen molar-refractivity contribution in [2.45, 2.75) is 30.9 Å². The number of nitrogens with one attached hydrogen (secondary N) is 1. The minimum Gasteiger partial charge on any atom is -0.420 e. The largest absolute Gasteiger partial charge is 0.420 e. The van der Waals surface area contributed by atoms with Gasteiger partial charge in [-0.05, 0) is 32.9 Å². The summed E-state index contributed by atoms with van der Waals surface area (Å²) in [7, 11) is 0. The lowest BCUT2D eigenvalue weighted by molar-refractivity contribution is -0.385. The Balaban J connectivity index is 1.61. The van der Waals surface area contributed by atoms with Crippen LogP contribution in [0.5, 0.6) is 0 Å². The molecule has 1 N–H and O–H groups in total. The average molecular weight is 432 g/mol. The third kappa shape index (κ3) is 5.45. The van der Waals surface area contributed by atoms with Gasteiger partial charge < -0.3 is 4.42 Å². The van der Waals surface area contributed by atoms with Crippen LogP contribution in [0, 0.1) is 17.0 Å². The highest BCUT2D eigenvalue weighted by atomic mass is 32.2. The molecule has 0 spiro atoms. The lowest BCUT2D eigenvalue weighted by Crippen LogP contribution is -2.07. The minimum atomic E-state index is -0.437. The number of nitro groups is 1. The average Bonchev–Trinajstić information content (AvgIpc) is 3.28. The fourth-order valence-electron chi connectivity index (χ4n) is 2.27. The number of carbonyl (C=O) groups excluding carboxylic acids is 1.